The van der Waals surface area contributed by atoms with Crippen LogP contribution in [0.25, 0.3) is 76.7 Å². The zero-order chi connectivity index (χ0) is 41.0. The Labute approximate surface area is 235 Å². The van der Waals surface area contributed by atoms with E-state index >= 15 is 0 Å². The Hall–Kier alpha value is -4.82. The molecule has 8 aromatic rings. The molecule has 0 saturated carbocycles. The topological polar surface area (TPSA) is 26.3 Å². The molecule has 0 amide bonds. The highest BCUT2D eigenvalue weighted by Gasteiger charge is 2.17. The third-order valence-electron chi connectivity index (χ3n) is 5.87. The van der Waals surface area contributed by atoms with Crippen LogP contribution < -0.4 is 0 Å². The van der Waals surface area contributed by atoms with E-state index in [-0.39, 0.29) is 21.7 Å². The maximum atomic E-state index is 9.44. The number of hydrogen-bond acceptors (Lipinski definition) is 2. The first-order valence-corrected chi connectivity index (χ1v) is 10.6. The van der Waals surface area contributed by atoms with Gasteiger partial charge in [0.1, 0.15) is 18.1 Å². The van der Waals surface area contributed by atoms with Gasteiger partial charge < -0.3 is 8.83 Å². The monoisotopic (exact) mass is 480 g/mol. The van der Waals surface area contributed by atoms with Crippen molar-refractivity contribution in [1.29, 1.82) is 0 Å². The average molecular weight is 481 g/mol. The summed E-state index contributed by atoms with van der Waals surface area (Å²) in [6, 6.07) is -15.0. The van der Waals surface area contributed by atoms with E-state index in [4.69, 9.17) is 32.1 Å². The number of fused-ring (bicyclic) bond motifs is 6. The van der Waals surface area contributed by atoms with Gasteiger partial charge >= 0.3 is 0 Å². The van der Waals surface area contributed by atoms with Crippen LogP contribution in [-0.4, -0.2) is 0 Å². The summed E-state index contributed by atoms with van der Waals surface area (Å²) in [6.45, 7) is 0. The van der Waals surface area contributed by atoms with Gasteiger partial charge in [-0.3, -0.25) is 0 Å². The standard InChI is InChI=1S/C34H20O2/c1-2-8-21(9-3-1)33-25-10-4-6-12-27(25)34(28-13-7-5-11-26(28)33)23-14-15-24-29-18-22-16-17-35-30(22)20-32(29)36-31(24)19-23/h1-20H/i1D,2D,3D,4D,5D,6D,7D,8D,9D,10D,11D,12D,13D,14D,15D,16D,17D,18D,19D,20D. The van der Waals surface area contributed by atoms with E-state index in [0.717, 1.165) is 0 Å². The van der Waals surface area contributed by atoms with Crippen LogP contribution in [0.3, 0.4) is 0 Å². The molecule has 0 aliphatic rings. The van der Waals surface area contributed by atoms with E-state index in [1.165, 1.54) is 0 Å². The molecule has 2 heteroatoms. The molecule has 0 unspecified atom stereocenters. The highest BCUT2D eigenvalue weighted by atomic mass is 16.3. The first-order chi connectivity index (χ1) is 26.2. The molecule has 36 heavy (non-hydrogen) atoms. The maximum Gasteiger partial charge on any atom is 0.139 e. The predicted octanol–water partition coefficient (Wildman–Crippen LogP) is 9.97. The molecule has 0 bridgehead atoms. The van der Waals surface area contributed by atoms with Crippen molar-refractivity contribution < 1.29 is 36.2 Å². The molecule has 168 valence electrons. The van der Waals surface area contributed by atoms with Crippen LogP contribution in [0.5, 0.6) is 0 Å². The second kappa shape index (κ2) is 7.34. The zero-order valence-corrected chi connectivity index (χ0v) is 17.8. The molecule has 2 nitrogen and oxygen atoms in total. The van der Waals surface area contributed by atoms with Crippen LogP contribution in [0.4, 0.5) is 0 Å². The van der Waals surface area contributed by atoms with Gasteiger partial charge in [0.05, 0.1) is 32.3 Å². The molecule has 6 aromatic carbocycles. The normalized spacial score (nSPS) is 19.7. The second-order valence-corrected chi connectivity index (χ2v) is 7.79. The molecule has 0 aliphatic carbocycles. The largest absolute Gasteiger partial charge is 0.464 e. The minimum Gasteiger partial charge on any atom is -0.464 e. The van der Waals surface area contributed by atoms with Gasteiger partial charge in [-0.15, -0.1) is 0 Å². The molecular weight excluding hydrogens is 440 g/mol. The second-order valence-electron chi connectivity index (χ2n) is 7.79. The highest BCUT2D eigenvalue weighted by Crippen LogP contribution is 2.44. The molecule has 0 radical (unpaired) electrons. The van der Waals surface area contributed by atoms with E-state index in [1.54, 1.807) is 0 Å². The number of benzene rings is 6. The Morgan fingerprint density at radius 1 is 0.444 bits per heavy atom. The quantitative estimate of drug-likeness (QED) is 0.230. The van der Waals surface area contributed by atoms with Crippen LogP contribution in [-0.2, 0) is 0 Å². The Bertz CT molecular complexity index is 3090. The molecule has 0 N–H and O–H groups in total. The van der Waals surface area contributed by atoms with E-state index in [2.05, 4.69) is 0 Å². The maximum absolute atomic E-state index is 9.44. The van der Waals surface area contributed by atoms with Gasteiger partial charge in [-0.05, 0) is 68.0 Å². The Morgan fingerprint density at radius 3 is 1.75 bits per heavy atom. The average Bonchev–Trinajstić information content (AvgIpc) is 3.72. The number of hydrogen-bond donors (Lipinski definition) is 0. The van der Waals surface area contributed by atoms with Gasteiger partial charge in [0.25, 0.3) is 0 Å². The minimum atomic E-state index is -0.870. The van der Waals surface area contributed by atoms with Crippen molar-refractivity contribution in [2.75, 3.05) is 0 Å². The lowest BCUT2D eigenvalue weighted by atomic mass is 9.86. The zero-order valence-electron chi connectivity index (χ0n) is 37.8. The van der Waals surface area contributed by atoms with Crippen LogP contribution >= 0.6 is 0 Å². The van der Waals surface area contributed by atoms with Gasteiger partial charge in [-0.1, -0.05) is 84.6 Å². The van der Waals surface area contributed by atoms with Crippen molar-refractivity contribution in [2.45, 2.75) is 0 Å². The lowest BCUT2D eigenvalue weighted by molar-refractivity contribution is 0.613. The fourth-order valence-electron chi connectivity index (χ4n) is 4.38. The molecule has 0 saturated heterocycles. The van der Waals surface area contributed by atoms with E-state index in [0.29, 0.717) is 0 Å². The highest BCUT2D eigenvalue weighted by molar-refractivity contribution is 6.22. The Balaban J connectivity index is 1.71. The fourth-order valence-corrected chi connectivity index (χ4v) is 4.38. The summed E-state index contributed by atoms with van der Waals surface area (Å²) in [6.07, 6.45) is -0.644. The number of rotatable bonds is 2. The molecular formula is C34H20O2. The smallest absolute Gasteiger partial charge is 0.139 e. The first-order valence-electron chi connectivity index (χ1n) is 20.6. The first kappa shape index (κ1) is 8.39. The van der Waals surface area contributed by atoms with Gasteiger partial charge in [0, 0.05) is 22.2 Å². The molecule has 0 spiro atoms. The molecule has 2 heterocycles. The lowest BCUT2D eigenvalue weighted by Crippen LogP contribution is -1.90. The lowest BCUT2D eigenvalue weighted by Gasteiger charge is -2.17. The Morgan fingerprint density at radius 2 is 1.06 bits per heavy atom. The Kier molecular flexibility index (Phi) is 1.71. The summed E-state index contributed by atoms with van der Waals surface area (Å²) >= 11 is 0. The molecule has 2 aromatic heterocycles. The van der Waals surface area contributed by atoms with Crippen molar-refractivity contribution in [3.8, 4) is 22.3 Å². The van der Waals surface area contributed by atoms with Gasteiger partial charge in [0.15, 0.2) is 0 Å². The summed E-state index contributed by atoms with van der Waals surface area (Å²) < 4.78 is 186. The van der Waals surface area contributed by atoms with Gasteiger partial charge in [0.2, 0.25) is 0 Å². The van der Waals surface area contributed by atoms with Gasteiger partial charge in [-0.2, -0.15) is 0 Å². The summed E-state index contributed by atoms with van der Waals surface area (Å²) in [7, 11) is 0. The third kappa shape index (κ3) is 2.73. The van der Waals surface area contributed by atoms with Gasteiger partial charge in [-0.25, -0.2) is 0 Å². The van der Waals surface area contributed by atoms with E-state index in [1.807, 2.05) is 0 Å². The number of furan rings is 2. The van der Waals surface area contributed by atoms with E-state index < -0.39 is 176 Å². The molecule has 0 fully saturated rings. The van der Waals surface area contributed by atoms with Crippen LogP contribution in [0.2, 0.25) is 0 Å². The van der Waals surface area contributed by atoms with Crippen LogP contribution in [0.1, 0.15) is 27.4 Å². The van der Waals surface area contributed by atoms with Crippen molar-refractivity contribution >= 4 is 54.5 Å². The summed E-state index contributed by atoms with van der Waals surface area (Å²) in [5, 5.41) is -3.16. The summed E-state index contributed by atoms with van der Waals surface area (Å²) in [5.41, 5.74) is -3.68. The molecule has 0 atom stereocenters. The van der Waals surface area contributed by atoms with Crippen LogP contribution in [0.15, 0.2) is 130 Å². The van der Waals surface area contributed by atoms with Crippen molar-refractivity contribution in [2.24, 2.45) is 0 Å². The van der Waals surface area contributed by atoms with Crippen LogP contribution in [0, 0.1) is 0 Å². The summed E-state index contributed by atoms with van der Waals surface area (Å²) in [5.74, 6) is 0. The fraction of sp³-hybridized carbons (Fsp3) is 0. The predicted molar refractivity (Wildman–Crippen MR) is 149 cm³/mol. The molecule has 8 rings (SSSR count). The summed E-state index contributed by atoms with van der Waals surface area (Å²) in [4.78, 5) is 0. The minimum absolute atomic E-state index is 0.260. The van der Waals surface area contributed by atoms with Crippen molar-refractivity contribution in [3.05, 3.63) is 121 Å². The van der Waals surface area contributed by atoms with E-state index in [9.17, 15) is 4.11 Å². The molecule has 0 aliphatic heterocycles. The third-order valence-corrected chi connectivity index (χ3v) is 5.87. The van der Waals surface area contributed by atoms with Crippen molar-refractivity contribution in [3.63, 3.8) is 0 Å². The SMILES string of the molecule is [2H]c1oc2c([2H])c3oc4c([2H])c(-c5c6c([2H])c([2H])c([2H])c([2H])c6c(-c6c([2H])c([2H])c([2H])c([2H])c6[2H])c6c([2H])c([2H])c([2H])c([2H])c56)c([2H])c([2H])c4c3c([2H])c2c1[2H]. The van der Waals surface area contributed by atoms with Crippen molar-refractivity contribution in [1.82, 2.24) is 0 Å².